The third kappa shape index (κ3) is 3.58. The number of hydrogen-bond acceptors (Lipinski definition) is 3. The van der Waals surface area contributed by atoms with E-state index in [1.165, 1.54) is 0 Å². The number of hydrogen-bond donors (Lipinski definition) is 1. The third-order valence-electron chi connectivity index (χ3n) is 1.87. The largest absolute Gasteiger partial charge is 0.450 e. The smallest absolute Gasteiger partial charge is 0.412 e. The lowest BCUT2D eigenvalue weighted by atomic mass is 10.1. The molecule has 0 radical (unpaired) electrons. The SMILES string of the molecule is CCOC(=O)Nc1cccc(C(C)C)n1. The summed E-state index contributed by atoms with van der Waals surface area (Å²) < 4.78 is 4.76. The van der Waals surface area contributed by atoms with Crippen LogP contribution in [0.5, 0.6) is 0 Å². The molecule has 1 aromatic rings. The maximum absolute atomic E-state index is 11.1. The molecular formula is C11H16N2O2. The normalized spacial score (nSPS) is 10.1. The van der Waals surface area contributed by atoms with E-state index in [1.54, 1.807) is 13.0 Å². The zero-order chi connectivity index (χ0) is 11.3. The summed E-state index contributed by atoms with van der Waals surface area (Å²) in [5.74, 6) is 0.869. The van der Waals surface area contributed by atoms with Gasteiger partial charge in [0.2, 0.25) is 0 Å². The summed E-state index contributed by atoms with van der Waals surface area (Å²) in [4.78, 5) is 15.4. The first-order chi connectivity index (χ1) is 7.13. The fraction of sp³-hybridized carbons (Fsp3) is 0.455. The van der Waals surface area contributed by atoms with Gasteiger partial charge in [-0.25, -0.2) is 9.78 Å². The number of amides is 1. The Balaban J connectivity index is 2.69. The molecule has 0 bridgehead atoms. The van der Waals surface area contributed by atoms with Gasteiger partial charge in [0, 0.05) is 5.69 Å². The summed E-state index contributed by atoms with van der Waals surface area (Å²) in [6, 6.07) is 5.54. The molecule has 82 valence electrons. The molecule has 0 saturated carbocycles. The fourth-order valence-corrected chi connectivity index (χ4v) is 1.11. The molecule has 0 aliphatic rings. The highest BCUT2D eigenvalue weighted by atomic mass is 16.5. The maximum Gasteiger partial charge on any atom is 0.412 e. The van der Waals surface area contributed by atoms with E-state index in [2.05, 4.69) is 24.1 Å². The summed E-state index contributed by atoms with van der Waals surface area (Å²) in [5.41, 5.74) is 0.948. The molecule has 0 aromatic carbocycles. The third-order valence-corrected chi connectivity index (χ3v) is 1.87. The van der Waals surface area contributed by atoms with Crippen molar-refractivity contribution in [1.29, 1.82) is 0 Å². The van der Waals surface area contributed by atoms with Gasteiger partial charge in [-0.05, 0) is 25.0 Å². The quantitative estimate of drug-likeness (QED) is 0.830. The standard InChI is InChI=1S/C11H16N2O2/c1-4-15-11(14)13-10-7-5-6-9(12-10)8(2)3/h5-8H,4H2,1-3H3,(H,12,13,14). The van der Waals surface area contributed by atoms with Crippen molar-refractivity contribution in [3.63, 3.8) is 0 Å². The minimum atomic E-state index is -0.467. The predicted molar refractivity (Wildman–Crippen MR) is 59.0 cm³/mol. The Morgan fingerprint density at radius 2 is 2.27 bits per heavy atom. The summed E-state index contributed by atoms with van der Waals surface area (Å²) in [7, 11) is 0. The molecule has 1 N–H and O–H groups in total. The Labute approximate surface area is 89.7 Å². The maximum atomic E-state index is 11.1. The van der Waals surface area contributed by atoms with Crippen LogP contribution in [0.3, 0.4) is 0 Å². The van der Waals surface area contributed by atoms with Crippen molar-refractivity contribution >= 4 is 11.9 Å². The highest BCUT2D eigenvalue weighted by Crippen LogP contribution is 2.13. The van der Waals surface area contributed by atoms with Crippen molar-refractivity contribution in [2.45, 2.75) is 26.7 Å². The molecule has 0 saturated heterocycles. The van der Waals surface area contributed by atoms with Crippen LogP contribution in [0.4, 0.5) is 10.6 Å². The van der Waals surface area contributed by atoms with Crippen LogP contribution in [0, 0.1) is 0 Å². The van der Waals surface area contributed by atoms with Crippen molar-refractivity contribution < 1.29 is 9.53 Å². The number of nitrogens with one attached hydrogen (secondary N) is 1. The Hall–Kier alpha value is -1.58. The van der Waals surface area contributed by atoms with E-state index in [0.717, 1.165) is 5.69 Å². The second-order valence-corrected chi connectivity index (χ2v) is 3.45. The molecule has 1 amide bonds. The first kappa shape index (κ1) is 11.5. The zero-order valence-electron chi connectivity index (χ0n) is 9.28. The van der Waals surface area contributed by atoms with Gasteiger partial charge in [-0.15, -0.1) is 0 Å². The van der Waals surface area contributed by atoms with Gasteiger partial charge in [-0.2, -0.15) is 0 Å². The van der Waals surface area contributed by atoms with Gasteiger partial charge in [0.1, 0.15) is 5.82 Å². The lowest BCUT2D eigenvalue weighted by Gasteiger charge is -2.08. The predicted octanol–water partition coefficient (Wildman–Crippen LogP) is 2.77. The van der Waals surface area contributed by atoms with Gasteiger partial charge in [0.25, 0.3) is 0 Å². The molecule has 4 nitrogen and oxygen atoms in total. The van der Waals surface area contributed by atoms with Crippen LogP contribution in [0.1, 0.15) is 32.4 Å². The van der Waals surface area contributed by atoms with Crippen LogP contribution in [0.2, 0.25) is 0 Å². The number of nitrogens with zero attached hydrogens (tertiary/aromatic N) is 1. The molecule has 0 aliphatic carbocycles. The Morgan fingerprint density at radius 3 is 2.87 bits per heavy atom. The highest BCUT2D eigenvalue weighted by Gasteiger charge is 2.05. The van der Waals surface area contributed by atoms with E-state index in [0.29, 0.717) is 18.3 Å². The first-order valence-corrected chi connectivity index (χ1v) is 5.04. The Kier molecular flexibility index (Phi) is 4.09. The monoisotopic (exact) mass is 208 g/mol. The summed E-state index contributed by atoms with van der Waals surface area (Å²) >= 11 is 0. The van der Waals surface area contributed by atoms with Gasteiger partial charge in [0.05, 0.1) is 6.61 Å². The second kappa shape index (κ2) is 5.34. The van der Waals surface area contributed by atoms with E-state index in [1.807, 2.05) is 12.1 Å². The van der Waals surface area contributed by atoms with Crippen LogP contribution >= 0.6 is 0 Å². The molecule has 4 heteroatoms. The summed E-state index contributed by atoms with van der Waals surface area (Å²) in [5, 5.41) is 2.57. The number of pyridine rings is 1. The van der Waals surface area contributed by atoms with Crippen molar-refractivity contribution in [3.8, 4) is 0 Å². The van der Waals surface area contributed by atoms with Crippen LogP contribution < -0.4 is 5.32 Å². The molecule has 1 heterocycles. The van der Waals surface area contributed by atoms with Gasteiger partial charge >= 0.3 is 6.09 Å². The number of carbonyl (C=O) groups excluding carboxylic acids is 1. The fourth-order valence-electron chi connectivity index (χ4n) is 1.11. The van der Waals surface area contributed by atoms with Gasteiger partial charge in [-0.3, -0.25) is 5.32 Å². The molecule has 15 heavy (non-hydrogen) atoms. The molecule has 0 spiro atoms. The minimum absolute atomic E-state index is 0.342. The van der Waals surface area contributed by atoms with E-state index in [4.69, 9.17) is 4.74 Å². The number of rotatable bonds is 3. The van der Waals surface area contributed by atoms with E-state index >= 15 is 0 Å². The van der Waals surface area contributed by atoms with Crippen molar-refractivity contribution in [3.05, 3.63) is 23.9 Å². The van der Waals surface area contributed by atoms with Gasteiger partial charge < -0.3 is 4.74 Å². The number of anilines is 1. The summed E-state index contributed by atoms with van der Waals surface area (Å²) in [6.45, 7) is 6.22. The van der Waals surface area contributed by atoms with Crippen molar-refractivity contribution in [2.75, 3.05) is 11.9 Å². The highest BCUT2D eigenvalue weighted by molar-refractivity contribution is 5.83. The molecule has 0 aliphatic heterocycles. The average Bonchev–Trinajstić information content (AvgIpc) is 2.18. The van der Waals surface area contributed by atoms with Crippen molar-refractivity contribution in [2.24, 2.45) is 0 Å². The molecule has 0 unspecified atom stereocenters. The average molecular weight is 208 g/mol. The molecule has 0 fully saturated rings. The van der Waals surface area contributed by atoms with Crippen LogP contribution in [-0.2, 0) is 4.74 Å². The molecule has 0 atom stereocenters. The van der Waals surface area contributed by atoms with Crippen LogP contribution in [-0.4, -0.2) is 17.7 Å². The van der Waals surface area contributed by atoms with E-state index in [9.17, 15) is 4.79 Å². The molecular weight excluding hydrogens is 192 g/mol. The zero-order valence-corrected chi connectivity index (χ0v) is 9.28. The van der Waals surface area contributed by atoms with Crippen LogP contribution in [0.25, 0.3) is 0 Å². The van der Waals surface area contributed by atoms with E-state index < -0.39 is 6.09 Å². The summed E-state index contributed by atoms with van der Waals surface area (Å²) in [6.07, 6.45) is -0.467. The lowest BCUT2D eigenvalue weighted by molar-refractivity contribution is 0.168. The van der Waals surface area contributed by atoms with Crippen LogP contribution in [0.15, 0.2) is 18.2 Å². The van der Waals surface area contributed by atoms with E-state index in [-0.39, 0.29) is 0 Å². The van der Waals surface area contributed by atoms with Crippen molar-refractivity contribution in [1.82, 2.24) is 4.98 Å². The topological polar surface area (TPSA) is 51.2 Å². The Morgan fingerprint density at radius 1 is 1.53 bits per heavy atom. The Bertz CT molecular complexity index is 337. The first-order valence-electron chi connectivity index (χ1n) is 5.04. The number of carbonyl (C=O) groups is 1. The second-order valence-electron chi connectivity index (χ2n) is 3.45. The molecule has 1 aromatic heterocycles. The molecule has 1 rings (SSSR count). The number of aromatic nitrogens is 1. The van der Waals surface area contributed by atoms with Gasteiger partial charge in [0.15, 0.2) is 0 Å². The van der Waals surface area contributed by atoms with Gasteiger partial charge in [-0.1, -0.05) is 19.9 Å². The number of ether oxygens (including phenoxy) is 1. The minimum Gasteiger partial charge on any atom is -0.450 e. The lowest BCUT2D eigenvalue weighted by Crippen LogP contribution is -2.14.